The highest BCUT2D eigenvalue weighted by Crippen LogP contribution is 2.39. The fraction of sp³-hybridized carbons (Fsp3) is 0.194. The van der Waals surface area contributed by atoms with Crippen molar-refractivity contribution in [1.29, 1.82) is 5.26 Å². The summed E-state index contributed by atoms with van der Waals surface area (Å²) in [5.74, 6) is 0.198. The van der Waals surface area contributed by atoms with Crippen molar-refractivity contribution in [3.05, 3.63) is 99.5 Å². The van der Waals surface area contributed by atoms with Gasteiger partial charge in [-0.05, 0) is 37.6 Å². The number of hydrogen-bond donors (Lipinski definition) is 2. The Balaban J connectivity index is 1.64. The average molecular weight is 509 g/mol. The van der Waals surface area contributed by atoms with Gasteiger partial charge in [0.25, 0.3) is 0 Å². The van der Waals surface area contributed by atoms with Crippen LogP contribution in [0.1, 0.15) is 64.9 Å². The number of fused-ring (bicyclic) bond motifs is 3. The number of pyridine rings is 1. The molecule has 2 N–H and O–H groups in total. The monoisotopic (exact) mass is 508 g/mol. The number of rotatable bonds is 8. The molecule has 0 saturated heterocycles. The van der Waals surface area contributed by atoms with Gasteiger partial charge in [0.15, 0.2) is 11.9 Å². The van der Waals surface area contributed by atoms with Gasteiger partial charge < -0.3 is 10.4 Å². The quantitative estimate of drug-likeness (QED) is 0.213. The number of aromatic hydroxyl groups is 1. The largest absolute Gasteiger partial charge is 0.506 e. The lowest BCUT2D eigenvalue weighted by molar-refractivity contribution is -0.599. The highest BCUT2D eigenvalue weighted by atomic mass is 32.1. The standard InChI is InChI=1S/C31H29N3O2S/c1-6-23-26(7-2)37-27(30(23)36)11-9-10-22(18-32)21-14-15-34-25-13-12-20(19-33-29(35)8-3)16-24(25)31(4,5)28(34)17-21/h6-7,9-17H,1-2,8,19H2,3-5H3,(H,33,35)/p+1. The van der Waals surface area contributed by atoms with E-state index >= 15 is 0 Å². The van der Waals surface area contributed by atoms with Crippen molar-refractivity contribution in [3.63, 3.8) is 0 Å². The van der Waals surface area contributed by atoms with E-state index in [0.717, 1.165) is 27.4 Å². The lowest BCUT2D eigenvalue weighted by atomic mass is 9.82. The van der Waals surface area contributed by atoms with Gasteiger partial charge in [-0.25, -0.2) is 0 Å². The number of allylic oxidation sites excluding steroid dienone is 3. The van der Waals surface area contributed by atoms with Gasteiger partial charge in [-0.1, -0.05) is 44.4 Å². The van der Waals surface area contributed by atoms with Gasteiger partial charge in [0.1, 0.15) is 5.75 Å². The third-order valence-electron chi connectivity index (χ3n) is 6.71. The van der Waals surface area contributed by atoms with E-state index in [2.05, 4.69) is 61.2 Å². The molecule has 3 heterocycles. The van der Waals surface area contributed by atoms with E-state index in [1.165, 1.54) is 16.9 Å². The summed E-state index contributed by atoms with van der Waals surface area (Å²) in [6.07, 6.45) is 11.1. The minimum absolute atomic E-state index is 0.0310. The van der Waals surface area contributed by atoms with Crippen molar-refractivity contribution >= 4 is 41.0 Å². The fourth-order valence-corrected chi connectivity index (χ4v) is 5.55. The van der Waals surface area contributed by atoms with Crippen LogP contribution < -0.4 is 9.88 Å². The van der Waals surface area contributed by atoms with Crippen LogP contribution in [0.4, 0.5) is 0 Å². The molecule has 0 atom stereocenters. The molecule has 1 aliphatic heterocycles. The summed E-state index contributed by atoms with van der Waals surface area (Å²) in [7, 11) is 0. The van der Waals surface area contributed by atoms with Crippen LogP contribution in [0.3, 0.4) is 0 Å². The highest BCUT2D eigenvalue weighted by Gasteiger charge is 2.43. The van der Waals surface area contributed by atoms with Gasteiger partial charge in [0.2, 0.25) is 11.6 Å². The number of benzene rings is 1. The Bertz CT molecular complexity index is 1520. The average Bonchev–Trinajstić information content (AvgIpc) is 3.34. The molecule has 0 bridgehead atoms. The molecule has 1 aliphatic rings. The molecule has 1 aromatic carbocycles. The minimum Gasteiger partial charge on any atom is -0.506 e. The van der Waals surface area contributed by atoms with Crippen LogP contribution in [0.25, 0.3) is 29.5 Å². The number of nitrogens with zero attached hydrogens (tertiary/aromatic N) is 2. The maximum absolute atomic E-state index is 11.7. The van der Waals surface area contributed by atoms with Gasteiger partial charge in [0.05, 0.1) is 21.9 Å². The SMILES string of the molecule is C=Cc1sc(/C=C/C=C(\C#N)c2cc[n+]3c(c2)C(C)(C)c2cc(CNC(=O)CC)ccc2-3)c(O)c1C=C. The molecule has 5 nitrogen and oxygen atoms in total. The molecule has 186 valence electrons. The number of hydrogen-bond acceptors (Lipinski definition) is 4. The van der Waals surface area contributed by atoms with E-state index in [1.807, 2.05) is 25.3 Å². The summed E-state index contributed by atoms with van der Waals surface area (Å²) in [5, 5.41) is 23.3. The topological polar surface area (TPSA) is 77.0 Å². The molecular formula is C31H30N3O2S+. The van der Waals surface area contributed by atoms with Crippen LogP contribution in [0.2, 0.25) is 0 Å². The summed E-state index contributed by atoms with van der Waals surface area (Å²) in [6.45, 7) is 14.2. The molecular weight excluding hydrogens is 478 g/mol. The number of carbonyl (C=O) groups is 1. The van der Waals surface area contributed by atoms with Crippen molar-refractivity contribution in [2.75, 3.05) is 0 Å². The first kappa shape index (κ1) is 25.9. The second-order valence-electron chi connectivity index (χ2n) is 9.33. The Morgan fingerprint density at radius 1 is 1.22 bits per heavy atom. The first-order valence-electron chi connectivity index (χ1n) is 12.1. The zero-order valence-corrected chi connectivity index (χ0v) is 22.2. The molecule has 6 heteroatoms. The van der Waals surface area contributed by atoms with Gasteiger partial charge in [-0.15, -0.1) is 11.3 Å². The Labute approximate surface area is 222 Å². The van der Waals surface area contributed by atoms with Gasteiger partial charge in [-0.3, -0.25) is 4.79 Å². The van der Waals surface area contributed by atoms with Crippen LogP contribution in [0.15, 0.2) is 61.8 Å². The second kappa shape index (κ2) is 10.4. The molecule has 1 amide bonds. The van der Waals surface area contributed by atoms with Crippen molar-refractivity contribution in [1.82, 2.24) is 5.32 Å². The third-order valence-corrected chi connectivity index (χ3v) is 7.86. The summed E-state index contributed by atoms with van der Waals surface area (Å²) < 4.78 is 2.16. The third kappa shape index (κ3) is 4.78. The van der Waals surface area contributed by atoms with E-state index in [-0.39, 0.29) is 17.1 Å². The smallest absolute Gasteiger partial charge is 0.219 e. The maximum Gasteiger partial charge on any atom is 0.219 e. The van der Waals surface area contributed by atoms with E-state index in [1.54, 1.807) is 30.4 Å². The van der Waals surface area contributed by atoms with Crippen LogP contribution >= 0.6 is 11.3 Å². The normalized spacial score (nSPS) is 13.6. The molecule has 37 heavy (non-hydrogen) atoms. The first-order chi connectivity index (χ1) is 17.7. The van der Waals surface area contributed by atoms with Crippen LogP contribution in [0, 0.1) is 11.3 Å². The summed E-state index contributed by atoms with van der Waals surface area (Å²) in [6, 6.07) is 12.6. The zero-order valence-electron chi connectivity index (χ0n) is 21.3. The molecule has 2 aromatic heterocycles. The molecule has 0 unspecified atom stereocenters. The zero-order chi connectivity index (χ0) is 26.7. The van der Waals surface area contributed by atoms with Crippen molar-refractivity contribution in [3.8, 4) is 17.5 Å². The van der Waals surface area contributed by atoms with Crippen LogP contribution in [0.5, 0.6) is 5.75 Å². The number of thiophene rings is 1. The Morgan fingerprint density at radius 2 is 2.00 bits per heavy atom. The fourth-order valence-electron chi connectivity index (χ4n) is 4.59. The van der Waals surface area contributed by atoms with Gasteiger partial charge in [-0.2, -0.15) is 9.83 Å². The van der Waals surface area contributed by atoms with Gasteiger partial charge in [0, 0.05) is 52.7 Å². The molecule has 0 radical (unpaired) electrons. The lowest BCUT2D eigenvalue weighted by Crippen LogP contribution is -2.34. The maximum atomic E-state index is 11.7. The van der Waals surface area contributed by atoms with E-state index in [9.17, 15) is 15.2 Å². The van der Waals surface area contributed by atoms with E-state index in [4.69, 9.17) is 0 Å². The molecule has 4 rings (SSSR count). The Kier molecular flexibility index (Phi) is 7.28. The van der Waals surface area contributed by atoms with Crippen LogP contribution in [-0.4, -0.2) is 11.0 Å². The summed E-state index contributed by atoms with van der Waals surface area (Å²) >= 11 is 1.42. The predicted octanol–water partition coefficient (Wildman–Crippen LogP) is 6.30. The van der Waals surface area contributed by atoms with E-state index < -0.39 is 0 Å². The molecule has 0 aliphatic carbocycles. The molecule has 0 saturated carbocycles. The lowest BCUT2D eigenvalue weighted by Gasteiger charge is -2.15. The Morgan fingerprint density at radius 3 is 2.65 bits per heavy atom. The summed E-state index contributed by atoms with van der Waals surface area (Å²) in [5.41, 5.74) is 6.16. The number of carbonyl (C=O) groups excluding carboxylic acids is 1. The number of amides is 1. The van der Waals surface area contributed by atoms with Crippen LogP contribution in [-0.2, 0) is 16.8 Å². The molecule has 3 aromatic rings. The van der Waals surface area contributed by atoms with Crippen molar-refractivity contribution < 1.29 is 14.5 Å². The second-order valence-corrected chi connectivity index (χ2v) is 10.4. The van der Waals surface area contributed by atoms with E-state index in [0.29, 0.717) is 29.0 Å². The summed E-state index contributed by atoms with van der Waals surface area (Å²) in [4.78, 5) is 13.2. The van der Waals surface area contributed by atoms with Crippen molar-refractivity contribution in [2.45, 2.75) is 39.2 Å². The highest BCUT2D eigenvalue weighted by molar-refractivity contribution is 7.14. The number of nitrogens with one attached hydrogen (secondary N) is 1. The number of nitriles is 1. The minimum atomic E-state index is -0.280. The van der Waals surface area contributed by atoms with Gasteiger partial charge >= 0.3 is 0 Å². The molecule has 0 spiro atoms. The predicted molar refractivity (Wildman–Crippen MR) is 151 cm³/mol. The number of aromatic nitrogens is 1. The molecule has 0 fully saturated rings. The first-order valence-corrected chi connectivity index (χ1v) is 12.9. The Hall–Kier alpha value is -4.21. The van der Waals surface area contributed by atoms with Crippen molar-refractivity contribution in [2.24, 2.45) is 0 Å².